The molecule has 0 heterocycles. The number of carbonyl (C=O) groups excluding carboxylic acids is 1. The van der Waals surface area contributed by atoms with Crippen LogP contribution >= 0.6 is 0 Å². The Morgan fingerprint density at radius 1 is 0.960 bits per heavy atom. The van der Waals surface area contributed by atoms with E-state index in [1.54, 1.807) is 12.1 Å². The van der Waals surface area contributed by atoms with Crippen molar-refractivity contribution in [1.29, 1.82) is 0 Å². The minimum Gasteiger partial charge on any atom is -0.508 e. The highest BCUT2D eigenvalue weighted by Crippen LogP contribution is 2.13. The predicted octanol–water partition coefficient (Wildman–Crippen LogP) is 1.46. The number of hydrogen-bond donors (Lipinski definition) is 4. The van der Waals surface area contributed by atoms with Crippen LogP contribution in [0.1, 0.15) is 17.5 Å². The van der Waals surface area contributed by atoms with Crippen LogP contribution in [0.15, 0.2) is 54.6 Å². The number of carbonyl (C=O) groups is 2. The minimum absolute atomic E-state index is 0.132. The van der Waals surface area contributed by atoms with Gasteiger partial charge in [-0.05, 0) is 36.1 Å². The van der Waals surface area contributed by atoms with Crippen molar-refractivity contribution in [3.05, 3.63) is 65.7 Å². The first-order valence-electron chi connectivity index (χ1n) is 8.03. The molecule has 5 N–H and O–H groups in total. The molecule has 0 aliphatic carbocycles. The molecular formula is C19H22N2O4. The van der Waals surface area contributed by atoms with Crippen LogP contribution in [0, 0.1) is 0 Å². The maximum atomic E-state index is 12.3. The third-order valence-electron chi connectivity index (χ3n) is 3.82. The van der Waals surface area contributed by atoms with Gasteiger partial charge in [0.15, 0.2) is 0 Å². The molecule has 6 heteroatoms. The quantitative estimate of drug-likeness (QED) is 0.580. The number of phenols is 1. The van der Waals surface area contributed by atoms with Crippen molar-refractivity contribution in [2.24, 2.45) is 5.73 Å². The third kappa shape index (κ3) is 6.27. The molecule has 132 valence electrons. The smallest absolute Gasteiger partial charge is 0.305 e. The van der Waals surface area contributed by atoms with Crippen molar-refractivity contribution in [2.45, 2.75) is 31.3 Å². The molecule has 0 fully saturated rings. The van der Waals surface area contributed by atoms with Gasteiger partial charge in [0, 0.05) is 6.04 Å². The van der Waals surface area contributed by atoms with E-state index in [1.165, 1.54) is 12.1 Å². The molecule has 2 atom stereocenters. The summed E-state index contributed by atoms with van der Waals surface area (Å²) in [7, 11) is 0. The topological polar surface area (TPSA) is 113 Å². The largest absolute Gasteiger partial charge is 0.508 e. The van der Waals surface area contributed by atoms with E-state index in [-0.39, 0.29) is 18.1 Å². The number of aromatic hydroxyl groups is 1. The fraction of sp³-hybridized carbons (Fsp3) is 0.263. The molecule has 0 spiro atoms. The van der Waals surface area contributed by atoms with Gasteiger partial charge in [0.05, 0.1) is 12.5 Å². The first-order valence-corrected chi connectivity index (χ1v) is 8.03. The lowest BCUT2D eigenvalue weighted by atomic mass is 10.0. The molecule has 0 radical (unpaired) electrons. The summed E-state index contributed by atoms with van der Waals surface area (Å²) in [6.45, 7) is 0. The SMILES string of the molecule is N[C@H](Cc1ccccc1)C(=O)N[C@@H](CC(=O)O)Cc1ccc(O)cc1. The van der Waals surface area contributed by atoms with Gasteiger partial charge in [-0.3, -0.25) is 9.59 Å². The molecular weight excluding hydrogens is 320 g/mol. The maximum Gasteiger partial charge on any atom is 0.305 e. The fourth-order valence-corrected chi connectivity index (χ4v) is 2.57. The van der Waals surface area contributed by atoms with Crippen LogP contribution in [0.3, 0.4) is 0 Å². The van der Waals surface area contributed by atoms with Crippen molar-refractivity contribution in [3.8, 4) is 5.75 Å². The Labute approximate surface area is 146 Å². The second kappa shape index (κ2) is 8.84. The van der Waals surface area contributed by atoms with Crippen LogP contribution in [0.25, 0.3) is 0 Å². The summed E-state index contributed by atoms with van der Waals surface area (Å²) in [5, 5.41) is 21.1. The Morgan fingerprint density at radius 3 is 2.16 bits per heavy atom. The summed E-state index contributed by atoms with van der Waals surface area (Å²) in [4.78, 5) is 23.4. The van der Waals surface area contributed by atoms with E-state index in [4.69, 9.17) is 10.8 Å². The van der Waals surface area contributed by atoms with Gasteiger partial charge in [-0.15, -0.1) is 0 Å². The Hall–Kier alpha value is -2.86. The second-order valence-corrected chi connectivity index (χ2v) is 5.97. The highest BCUT2D eigenvalue weighted by molar-refractivity contribution is 5.82. The number of hydrogen-bond acceptors (Lipinski definition) is 4. The first kappa shape index (κ1) is 18.5. The minimum atomic E-state index is -0.999. The van der Waals surface area contributed by atoms with Crippen LogP contribution in [-0.4, -0.2) is 34.2 Å². The molecule has 25 heavy (non-hydrogen) atoms. The molecule has 0 aromatic heterocycles. The zero-order chi connectivity index (χ0) is 18.2. The molecule has 0 unspecified atom stereocenters. The van der Waals surface area contributed by atoms with Gasteiger partial charge >= 0.3 is 5.97 Å². The molecule has 0 aliphatic heterocycles. The van der Waals surface area contributed by atoms with Gasteiger partial charge in [0.1, 0.15) is 5.75 Å². The average molecular weight is 342 g/mol. The van der Waals surface area contributed by atoms with E-state index >= 15 is 0 Å². The number of aliphatic carboxylic acids is 1. The zero-order valence-electron chi connectivity index (χ0n) is 13.8. The first-order chi connectivity index (χ1) is 11.9. The highest BCUT2D eigenvalue weighted by Gasteiger charge is 2.21. The number of benzene rings is 2. The van der Waals surface area contributed by atoms with Crippen molar-refractivity contribution < 1.29 is 19.8 Å². The van der Waals surface area contributed by atoms with Gasteiger partial charge in [0.25, 0.3) is 0 Å². The molecule has 0 bridgehead atoms. The van der Waals surface area contributed by atoms with E-state index in [2.05, 4.69) is 5.32 Å². The van der Waals surface area contributed by atoms with Crippen molar-refractivity contribution in [2.75, 3.05) is 0 Å². The number of carboxylic acid groups (broad SMARTS) is 1. The maximum absolute atomic E-state index is 12.3. The molecule has 2 rings (SSSR count). The van der Waals surface area contributed by atoms with Gasteiger partial charge in [0.2, 0.25) is 5.91 Å². The molecule has 2 aromatic carbocycles. The summed E-state index contributed by atoms with van der Waals surface area (Å²) in [5.74, 6) is -1.25. The third-order valence-corrected chi connectivity index (χ3v) is 3.82. The fourth-order valence-electron chi connectivity index (χ4n) is 2.57. The molecule has 6 nitrogen and oxygen atoms in total. The van der Waals surface area contributed by atoms with E-state index < -0.39 is 18.1 Å². The standard InChI is InChI=1S/C19H22N2O4/c20-17(11-13-4-2-1-3-5-13)19(25)21-15(12-18(23)24)10-14-6-8-16(22)9-7-14/h1-9,15,17,22H,10-12,20H2,(H,21,25)(H,23,24)/t15-,17-/m1/s1. The van der Waals surface area contributed by atoms with Gasteiger partial charge in [-0.25, -0.2) is 0 Å². The monoisotopic (exact) mass is 342 g/mol. The predicted molar refractivity (Wildman–Crippen MR) is 94.1 cm³/mol. The second-order valence-electron chi connectivity index (χ2n) is 5.97. The van der Waals surface area contributed by atoms with Crippen LogP contribution in [0.4, 0.5) is 0 Å². The number of rotatable bonds is 8. The Kier molecular flexibility index (Phi) is 6.54. The Morgan fingerprint density at radius 2 is 1.56 bits per heavy atom. The van der Waals surface area contributed by atoms with Gasteiger partial charge in [-0.2, -0.15) is 0 Å². The van der Waals surface area contributed by atoms with Crippen molar-refractivity contribution in [3.63, 3.8) is 0 Å². The van der Waals surface area contributed by atoms with E-state index in [1.807, 2.05) is 30.3 Å². The summed E-state index contributed by atoms with van der Waals surface area (Å²) < 4.78 is 0. The van der Waals surface area contributed by atoms with E-state index in [0.29, 0.717) is 12.8 Å². The van der Waals surface area contributed by atoms with E-state index in [9.17, 15) is 14.7 Å². The molecule has 0 aliphatic rings. The average Bonchev–Trinajstić information content (AvgIpc) is 2.57. The Balaban J connectivity index is 1.98. The van der Waals surface area contributed by atoms with Crippen molar-refractivity contribution >= 4 is 11.9 Å². The molecule has 1 amide bonds. The lowest BCUT2D eigenvalue weighted by Crippen LogP contribution is -2.47. The summed E-state index contributed by atoms with van der Waals surface area (Å²) in [5.41, 5.74) is 7.71. The summed E-state index contributed by atoms with van der Waals surface area (Å²) in [6, 6.07) is 14.5. The molecule has 0 saturated carbocycles. The lowest BCUT2D eigenvalue weighted by Gasteiger charge is -2.20. The number of phenolic OH excluding ortho intramolecular Hbond substituents is 1. The zero-order valence-corrected chi connectivity index (χ0v) is 13.8. The number of nitrogens with one attached hydrogen (secondary N) is 1. The van der Waals surface area contributed by atoms with E-state index in [0.717, 1.165) is 11.1 Å². The number of amides is 1. The molecule has 2 aromatic rings. The molecule has 0 saturated heterocycles. The van der Waals surface area contributed by atoms with Crippen LogP contribution in [0.2, 0.25) is 0 Å². The van der Waals surface area contributed by atoms with Crippen LogP contribution in [-0.2, 0) is 22.4 Å². The lowest BCUT2D eigenvalue weighted by molar-refractivity contribution is -0.137. The van der Waals surface area contributed by atoms with Crippen molar-refractivity contribution in [1.82, 2.24) is 5.32 Å². The Bertz CT molecular complexity index is 701. The van der Waals surface area contributed by atoms with Crippen LogP contribution in [0.5, 0.6) is 5.75 Å². The van der Waals surface area contributed by atoms with Gasteiger partial charge in [-0.1, -0.05) is 42.5 Å². The summed E-state index contributed by atoms with van der Waals surface area (Å²) >= 11 is 0. The number of nitrogens with two attached hydrogens (primary N) is 1. The summed E-state index contributed by atoms with van der Waals surface area (Å²) in [6.07, 6.45) is 0.521. The highest BCUT2D eigenvalue weighted by atomic mass is 16.4. The van der Waals surface area contributed by atoms with Crippen LogP contribution < -0.4 is 11.1 Å². The normalized spacial score (nSPS) is 13.0. The number of carboxylic acids is 1. The van der Waals surface area contributed by atoms with Gasteiger partial charge < -0.3 is 21.3 Å².